The van der Waals surface area contributed by atoms with E-state index in [1.165, 1.54) is 32.0 Å². The van der Waals surface area contributed by atoms with Crippen LogP contribution in [0.15, 0.2) is 54.6 Å². The summed E-state index contributed by atoms with van der Waals surface area (Å²) in [5, 5.41) is 8.90. The Morgan fingerprint density at radius 2 is 1.61 bits per heavy atom. The van der Waals surface area contributed by atoms with Crippen molar-refractivity contribution in [1.82, 2.24) is 15.1 Å². The molecule has 0 spiro atoms. The molecule has 6 nitrogen and oxygen atoms in total. The largest absolute Gasteiger partial charge is 0.408 e. The third-order valence-electron chi connectivity index (χ3n) is 4.80. The lowest BCUT2D eigenvalue weighted by Gasteiger charge is -2.24. The first-order valence-electron chi connectivity index (χ1n) is 9.95. The second kappa shape index (κ2) is 9.05. The van der Waals surface area contributed by atoms with Gasteiger partial charge in [0.1, 0.15) is 17.9 Å². The van der Waals surface area contributed by atoms with Gasteiger partial charge in [0, 0.05) is 17.2 Å². The van der Waals surface area contributed by atoms with Crippen LogP contribution in [0.3, 0.4) is 0 Å². The van der Waals surface area contributed by atoms with Crippen LogP contribution in [-0.2, 0) is 11.3 Å². The number of anilines is 1. The Hall–Kier alpha value is -3.69. The van der Waals surface area contributed by atoms with E-state index in [4.69, 9.17) is 0 Å². The van der Waals surface area contributed by atoms with Crippen LogP contribution in [0.25, 0.3) is 11.3 Å². The number of rotatable bonds is 6. The molecule has 10 heteroatoms. The summed E-state index contributed by atoms with van der Waals surface area (Å²) < 4.78 is 53.0. The molecule has 2 amide bonds. The molecule has 3 rings (SSSR count). The first-order chi connectivity index (χ1) is 15.3. The molecular weight excluding hydrogens is 440 g/mol. The third-order valence-corrected chi connectivity index (χ3v) is 4.80. The molecule has 0 atom stereocenters. The number of nitrogens with one attached hydrogen (secondary N) is 2. The quantitative estimate of drug-likeness (QED) is 0.521. The van der Waals surface area contributed by atoms with Crippen LogP contribution in [0.2, 0.25) is 0 Å². The fourth-order valence-corrected chi connectivity index (χ4v) is 3.01. The Labute approximate surface area is 187 Å². The molecule has 0 bridgehead atoms. The SMILES string of the molecule is Cc1ccc(C(=O)NC(C)(C)C(=O)Nc2cc(-c3ccc(F)cc3)n(CC(F)(F)F)n2)cc1. The molecule has 0 aliphatic heterocycles. The Balaban J connectivity index is 1.81. The van der Waals surface area contributed by atoms with E-state index in [2.05, 4.69) is 15.7 Å². The van der Waals surface area contributed by atoms with Gasteiger partial charge in [0.05, 0.1) is 5.69 Å². The number of hydrogen-bond donors (Lipinski definition) is 2. The van der Waals surface area contributed by atoms with Gasteiger partial charge in [-0.05, 0) is 57.2 Å². The normalized spacial score (nSPS) is 11.8. The van der Waals surface area contributed by atoms with E-state index in [1.807, 2.05) is 6.92 Å². The van der Waals surface area contributed by atoms with Crippen molar-refractivity contribution < 1.29 is 27.2 Å². The van der Waals surface area contributed by atoms with Gasteiger partial charge in [-0.15, -0.1) is 0 Å². The highest BCUT2D eigenvalue weighted by Crippen LogP contribution is 2.27. The molecule has 0 aliphatic rings. The summed E-state index contributed by atoms with van der Waals surface area (Å²) in [6, 6.07) is 12.9. The van der Waals surface area contributed by atoms with E-state index in [1.54, 1.807) is 24.3 Å². The summed E-state index contributed by atoms with van der Waals surface area (Å²) in [5.74, 6) is -1.84. The van der Waals surface area contributed by atoms with Crippen LogP contribution in [0.4, 0.5) is 23.4 Å². The monoisotopic (exact) mass is 462 g/mol. The maximum Gasteiger partial charge on any atom is 0.408 e. The topological polar surface area (TPSA) is 76.0 Å². The highest BCUT2D eigenvalue weighted by molar-refractivity contribution is 6.03. The van der Waals surface area contributed by atoms with Crippen molar-refractivity contribution in [3.63, 3.8) is 0 Å². The molecule has 2 N–H and O–H groups in total. The standard InChI is InChI=1S/C23H22F4N4O2/c1-14-4-6-16(7-5-14)20(32)29-22(2,3)21(33)28-19-12-18(15-8-10-17(24)11-9-15)31(30-19)13-23(25,26)27/h4-12H,13H2,1-3H3,(H,29,32)(H,28,30,33). The van der Waals surface area contributed by atoms with Crippen LogP contribution in [0.1, 0.15) is 29.8 Å². The number of benzene rings is 2. The van der Waals surface area contributed by atoms with Crippen molar-refractivity contribution in [2.75, 3.05) is 5.32 Å². The molecule has 1 aromatic heterocycles. The number of alkyl halides is 3. The van der Waals surface area contributed by atoms with Gasteiger partial charge in [0.25, 0.3) is 11.8 Å². The van der Waals surface area contributed by atoms with Crippen molar-refractivity contribution in [2.24, 2.45) is 0 Å². The zero-order valence-corrected chi connectivity index (χ0v) is 18.1. The van der Waals surface area contributed by atoms with Gasteiger partial charge in [-0.2, -0.15) is 18.3 Å². The lowest BCUT2D eigenvalue weighted by molar-refractivity contribution is -0.142. The Bertz CT molecular complexity index is 1150. The fraction of sp³-hybridized carbons (Fsp3) is 0.261. The molecule has 1 heterocycles. The number of amides is 2. The van der Waals surface area contributed by atoms with Crippen LogP contribution < -0.4 is 10.6 Å². The molecule has 3 aromatic rings. The molecule has 0 unspecified atom stereocenters. The summed E-state index contributed by atoms with van der Waals surface area (Å²) in [6.45, 7) is 3.39. The van der Waals surface area contributed by atoms with Gasteiger partial charge < -0.3 is 10.6 Å². The molecule has 33 heavy (non-hydrogen) atoms. The fourth-order valence-electron chi connectivity index (χ4n) is 3.01. The summed E-state index contributed by atoms with van der Waals surface area (Å²) in [5.41, 5.74) is 0.264. The molecule has 174 valence electrons. The van der Waals surface area contributed by atoms with Crippen LogP contribution in [-0.4, -0.2) is 33.3 Å². The lowest BCUT2D eigenvalue weighted by Crippen LogP contribution is -2.52. The Morgan fingerprint density at radius 1 is 1.00 bits per heavy atom. The van der Waals surface area contributed by atoms with Gasteiger partial charge in [-0.25, -0.2) is 4.39 Å². The zero-order chi connectivity index (χ0) is 24.4. The van der Waals surface area contributed by atoms with Crippen LogP contribution in [0.5, 0.6) is 0 Å². The average molecular weight is 462 g/mol. The van der Waals surface area contributed by atoms with Crippen molar-refractivity contribution in [2.45, 2.75) is 39.0 Å². The summed E-state index contributed by atoms with van der Waals surface area (Å²) in [6.07, 6.45) is -4.57. The highest BCUT2D eigenvalue weighted by Gasteiger charge is 2.33. The molecule has 2 aromatic carbocycles. The van der Waals surface area contributed by atoms with Gasteiger partial charge in [0.15, 0.2) is 5.82 Å². The van der Waals surface area contributed by atoms with Gasteiger partial charge in [0.2, 0.25) is 0 Å². The summed E-state index contributed by atoms with van der Waals surface area (Å²) in [4.78, 5) is 25.3. The van der Waals surface area contributed by atoms with E-state index in [0.717, 1.165) is 17.7 Å². The smallest absolute Gasteiger partial charge is 0.338 e. The average Bonchev–Trinajstić information content (AvgIpc) is 3.09. The molecule has 0 aliphatic carbocycles. The number of halogens is 4. The Morgan fingerprint density at radius 3 is 2.18 bits per heavy atom. The minimum Gasteiger partial charge on any atom is -0.338 e. The van der Waals surface area contributed by atoms with Crippen LogP contribution >= 0.6 is 0 Å². The predicted octanol–water partition coefficient (Wildman–Crippen LogP) is 4.71. The first-order valence-corrected chi connectivity index (χ1v) is 9.95. The van der Waals surface area contributed by atoms with E-state index >= 15 is 0 Å². The van der Waals surface area contributed by atoms with E-state index in [-0.39, 0.29) is 11.5 Å². The summed E-state index contributed by atoms with van der Waals surface area (Å²) >= 11 is 0. The molecule has 0 saturated heterocycles. The number of nitrogens with zero attached hydrogens (tertiary/aromatic N) is 2. The second-order valence-corrected chi connectivity index (χ2v) is 8.09. The van der Waals surface area contributed by atoms with Crippen molar-refractivity contribution in [3.05, 3.63) is 71.5 Å². The van der Waals surface area contributed by atoms with E-state index < -0.39 is 35.9 Å². The van der Waals surface area contributed by atoms with Crippen molar-refractivity contribution in [3.8, 4) is 11.3 Å². The number of aromatic nitrogens is 2. The molecule has 0 radical (unpaired) electrons. The first kappa shape index (κ1) is 24.0. The highest BCUT2D eigenvalue weighted by atomic mass is 19.4. The number of carbonyl (C=O) groups is 2. The maximum atomic E-state index is 13.2. The molecule has 0 saturated carbocycles. The van der Waals surface area contributed by atoms with E-state index in [9.17, 15) is 27.2 Å². The second-order valence-electron chi connectivity index (χ2n) is 8.09. The zero-order valence-electron chi connectivity index (χ0n) is 18.1. The van der Waals surface area contributed by atoms with E-state index in [0.29, 0.717) is 15.8 Å². The van der Waals surface area contributed by atoms with Crippen LogP contribution in [0, 0.1) is 12.7 Å². The Kier molecular flexibility index (Phi) is 6.57. The lowest BCUT2D eigenvalue weighted by atomic mass is 10.0. The maximum absolute atomic E-state index is 13.2. The third kappa shape index (κ3) is 6.18. The minimum absolute atomic E-state index is 0.0455. The molecule has 0 fully saturated rings. The number of hydrogen-bond acceptors (Lipinski definition) is 3. The molecular formula is C23H22F4N4O2. The van der Waals surface area contributed by atoms with Crippen molar-refractivity contribution in [1.29, 1.82) is 0 Å². The minimum atomic E-state index is -4.57. The number of carbonyl (C=O) groups excluding carboxylic acids is 2. The van der Waals surface area contributed by atoms with Gasteiger partial charge in [-0.3, -0.25) is 14.3 Å². The van der Waals surface area contributed by atoms with Crippen molar-refractivity contribution >= 4 is 17.6 Å². The number of aryl methyl sites for hydroxylation is 1. The summed E-state index contributed by atoms with van der Waals surface area (Å²) in [7, 11) is 0. The predicted molar refractivity (Wildman–Crippen MR) is 115 cm³/mol. The van der Waals surface area contributed by atoms with Gasteiger partial charge >= 0.3 is 6.18 Å². The van der Waals surface area contributed by atoms with Gasteiger partial charge in [-0.1, -0.05) is 17.7 Å².